The highest BCUT2D eigenvalue weighted by atomic mass is 16.1. The van der Waals surface area contributed by atoms with Crippen LogP contribution in [0.2, 0.25) is 0 Å². The van der Waals surface area contributed by atoms with Gasteiger partial charge in [-0.15, -0.1) is 10.2 Å². The van der Waals surface area contributed by atoms with Crippen LogP contribution < -0.4 is 5.56 Å². The van der Waals surface area contributed by atoms with Crippen LogP contribution in [0.1, 0.15) is 0 Å². The van der Waals surface area contributed by atoms with E-state index in [0.29, 0.717) is 11.3 Å². The molecule has 2 heterocycles. The molecule has 2 aliphatic rings. The summed E-state index contributed by atoms with van der Waals surface area (Å²) in [6.45, 7) is 0. The molecule has 0 N–H and O–H groups in total. The molecule has 0 aliphatic carbocycles. The highest BCUT2D eigenvalue weighted by molar-refractivity contribution is 5.93. The third-order valence-electron chi connectivity index (χ3n) is 2.44. The summed E-state index contributed by atoms with van der Waals surface area (Å²) in [4.78, 5) is 15.3. The first-order valence-electron chi connectivity index (χ1n) is 4.85. The van der Waals surface area contributed by atoms with E-state index in [-0.39, 0.29) is 5.56 Å². The Bertz CT molecular complexity index is 696. The van der Waals surface area contributed by atoms with Crippen LogP contribution in [0.15, 0.2) is 47.5 Å². The summed E-state index contributed by atoms with van der Waals surface area (Å²) in [5.41, 5.74) is 1.07. The minimum Gasteiger partial charge on any atom is -0.266 e. The molecule has 3 rings (SSSR count). The minimum absolute atomic E-state index is 0.343. The van der Waals surface area contributed by atoms with Crippen molar-refractivity contribution >= 4 is 10.8 Å². The Morgan fingerprint density at radius 1 is 1.00 bits per heavy atom. The van der Waals surface area contributed by atoms with E-state index < -0.39 is 0 Å². The molecule has 0 unspecified atom stereocenters. The molecule has 0 saturated heterocycles. The average molecular weight is 209 g/mol. The summed E-state index contributed by atoms with van der Waals surface area (Å²) in [6, 6.07) is 9.20. The van der Waals surface area contributed by atoms with Crippen molar-refractivity contribution in [3.63, 3.8) is 0 Å². The molecule has 4 nitrogen and oxygen atoms in total. The Hall–Kier alpha value is -2.36. The molecule has 0 aromatic heterocycles. The fraction of sp³-hybridized carbons (Fsp3) is 0. The molecule has 0 amide bonds. The molecular formula is C12H7N3O. The standard InChI is InChI=1S/C12H7N3O/c16-11-5-9-7-13-6-8-3-1-2-4-10(8)12(9)15-14-11/h1-7H. The van der Waals surface area contributed by atoms with Crippen LogP contribution in [0.25, 0.3) is 22.0 Å². The van der Waals surface area contributed by atoms with E-state index in [1.807, 2.05) is 24.3 Å². The predicted octanol–water partition coefficient (Wildman–Crippen LogP) is 1.49. The fourth-order valence-corrected chi connectivity index (χ4v) is 1.72. The Labute approximate surface area is 90.9 Å². The SMILES string of the molecule is O=c1cc2cncc3ccccc3c-2nn1. The lowest BCUT2D eigenvalue weighted by Gasteiger charge is -1.98. The van der Waals surface area contributed by atoms with Gasteiger partial charge >= 0.3 is 0 Å². The third-order valence-corrected chi connectivity index (χ3v) is 2.44. The number of hydrogen-bond acceptors (Lipinski definition) is 4. The van der Waals surface area contributed by atoms with Gasteiger partial charge in [0.1, 0.15) is 5.69 Å². The molecular weight excluding hydrogens is 202 g/mol. The summed E-state index contributed by atoms with van der Waals surface area (Å²) in [5.74, 6) is 0. The van der Waals surface area contributed by atoms with Crippen LogP contribution in [0.4, 0.5) is 0 Å². The van der Waals surface area contributed by atoms with Crippen molar-refractivity contribution in [2.75, 3.05) is 0 Å². The second kappa shape index (κ2) is 3.34. The zero-order valence-electron chi connectivity index (χ0n) is 8.29. The summed E-state index contributed by atoms with van der Waals surface area (Å²) >= 11 is 0. The molecule has 0 bridgehead atoms. The van der Waals surface area contributed by atoms with Gasteiger partial charge in [-0.3, -0.25) is 9.78 Å². The van der Waals surface area contributed by atoms with Gasteiger partial charge in [0.25, 0.3) is 5.56 Å². The Kier molecular flexibility index (Phi) is 1.86. The van der Waals surface area contributed by atoms with Crippen LogP contribution in [-0.4, -0.2) is 15.2 Å². The van der Waals surface area contributed by atoms with Gasteiger partial charge in [-0.1, -0.05) is 24.3 Å². The maximum Gasteiger partial charge on any atom is 0.288 e. The maximum absolute atomic E-state index is 11.1. The van der Waals surface area contributed by atoms with Crippen molar-refractivity contribution in [2.24, 2.45) is 0 Å². The smallest absolute Gasteiger partial charge is 0.266 e. The largest absolute Gasteiger partial charge is 0.288 e. The van der Waals surface area contributed by atoms with Crippen LogP contribution >= 0.6 is 0 Å². The van der Waals surface area contributed by atoms with Gasteiger partial charge in [0.05, 0.1) is 0 Å². The number of rotatable bonds is 0. The molecule has 0 saturated carbocycles. The molecule has 2 aliphatic heterocycles. The average Bonchev–Trinajstić information content (AvgIpc) is 2.47. The number of benzene rings is 1. The van der Waals surface area contributed by atoms with E-state index >= 15 is 0 Å². The number of aromatic nitrogens is 3. The fourth-order valence-electron chi connectivity index (χ4n) is 1.72. The number of fused-ring (bicyclic) bond motifs is 3. The van der Waals surface area contributed by atoms with Gasteiger partial charge in [0, 0.05) is 34.8 Å². The molecule has 16 heavy (non-hydrogen) atoms. The van der Waals surface area contributed by atoms with E-state index in [0.717, 1.165) is 10.8 Å². The van der Waals surface area contributed by atoms with E-state index in [9.17, 15) is 4.79 Å². The Morgan fingerprint density at radius 3 is 2.81 bits per heavy atom. The van der Waals surface area contributed by atoms with Crippen LogP contribution in [0.5, 0.6) is 0 Å². The first-order chi connectivity index (χ1) is 7.84. The number of nitrogens with zero attached hydrogens (tertiary/aromatic N) is 3. The Balaban J connectivity index is 2.56. The van der Waals surface area contributed by atoms with Gasteiger partial charge in [-0.05, 0) is 0 Å². The molecule has 0 fully saturated rings. The summed E-state index contributed by atoms with van der Waals surface area (Å²) in [7, 11) is 0. The first kappa shape index (κ1) is 8.91. The van der Waals surface area contributed by atoms with E-state index in [1.54, 1.807) is 12.4 Å². The van der Waals surface area contributed by atoms with Gasteiger partial charge < -0.3 is 0 Å². The number of hydrogen-bond donors (Lipinski definition) is 0. The lowest BCUT2D eigenvalue weighted by Crippen LogP contribution is -2.07. The van der Waals surface area contributed by atoms with Crippen molar-refractivity contribution in [1.82, 2.24) is 15.2 Å². The second-order valence-electron chi connectivity index (χ2n) is 3.48. The van der Waals surface area contributed by atoms with E-state index in [4.69, 9.17) is 0 Å². The van der Waals surface area contributed by atoms with Crippen LogP contribution in [0.3, 0.4) is 0 Å². The summed E-state index contributed by atoms with van der Waals surface area (Å²) in [6.07, 6.45) is 3.38. The second-order valence-corrected chi connectivity index (χ2v) is 3.48. The molecule has 76 valence electrons. The first-order valence-corrected chi connectivity index (χ1v) is 4.85. The van der Waals surface area contributed by atoms with Crippen molar-refractivity contribution in [1.29, 1.82) is 0 Å². The topological polar surface area (TPSA) is 55.7 Å². The van der Waals surface area contributed by atoms with Crippen LogP contribution in [0, 0.1) is 0 Å². The van der Waals surface area contributed by atoms with Gasteiger partial charge in [-0.25, -0.2) is 0 Å². The zero-order chi connectivity index (χ0) is 11.0. The van der Waals surface area contributed by atoms with Crippen LogP contribution in [-0.2, 0) is 0 Å². The highest BCUT2D eigenvalue weighted by Crippen LogP contribution is 2.23. The normalized spacial score (nSPS) is 10.8. The van der Waals surface area contributed by atoms with Crippen molar-refractivity contribution in [2.45, 2.75) is 0 Å². The molecule has 0 atom stereocenters. The minimum atomic E-state index is -0.343. The lowest BCUT2D eigenvalue weighted by molar-refractivity contribution is 0.998. The van der Waals surface area contributed by atoms with E-state index in [1.165, 1.54) is 6.07 Å². The third kappa shape index (κ3) is 1.32. The zero-order valence-corrected chi connectivity index (χ0v) is 8.29. The molecule has 4 heteroatoms. The maximum atomic E-state index is 11.1. The monoisotopic (exact) mass is 209 g/mol. The van der Waals surface area contributed by atoms with Crippen molar-refractivity contribution in [3.05, 3.63) is 53.1 Å². The van der Waals surface area contributed by atoms with E-state index in [2.05, 4.69) is 15.2 Å². The lowest BCUT2D eigenvalue weighted by atomic mass is 10.1. The highest BCUT2D eigenvalue weighted by Gasteiger charge is 2.07. The summed E-state index contributed by atoms with van der Waals surface area (Å²) < 4.78 is 0. The van der Waals surface area contributed by atoms with Gasteiger partial charge in [0.15, 0.2) is 0 Å². The van der Waals surface area contributed by atoms with Crippen molar-refractivity contribution in [3.8, 4) is 11.3 Å². The van der Waals surface area contributed by atoms with Crippen molar-refractivity contribution < 1.29 is 0 Å². The van der Waals surface area contributed by atoms with Gasteiger partial charge in [0.2, 0.25) is 0 Å². The Morgan fingerprint density at radius 2 is 1.88 bits per heavy atom. The molecule has 0 spiro atoms. The quantitative estimate of drug-likeness (QED) is 0.562. The predicted molar refractivity (Wildman–Crippen MR) is 60.2 cm³/mol. The molecule has 1 aromatic rings. The molecule has 1 aromatic carbocycles. The summed E-state index contributed by atoms with van der Waals surface area (Å²) in [5, 5.41) is 9.42. The molecule has 0 radical (unpaired) electrons. The van der Waals surface area contributed by atoms with Gasteiger partial charge in [-0.2, -0.15) is 0 Å².